The van der Waals surface area contributed by atoms with Crippen LogP contribution in [0.5, 0.6) is 5.75 Å². The van der Waals surface area contributed by atoms with Gasteiger partial charge in [0.2, 0.25) is 0 Å². The predicted molar refractivity (Wildman–Crippen MR) is 87.3 cm³/mol. The molecule has 3 N–H and O–H groups in total. The van der Waals surface area contributed by atoms with Gasteiger partial charge in [-0.1, -0.05) is 6.07 Å². The molecule has 5 heteroatoms. The summed E-state index contributed by atoms with van der Waals surface area (Å²) in [6.07, 6.45) is 0. The molecule has 0 radical (unpaired) electrons. The van der Waals surface area contributed by atoms with Crippen molar-refractivity contribution in [3.8, 4) is 5.75 Å². The fraction of sp³-hybridized carbons (Fsp3) is 0.143. The summed E-state index contributed by atoms with van der Waals surface area (Å²) in [5, 5.41) is 3.31. The van der Waals surface area contributed by atoms with E-state index in [-0.39, 0.29) is 0 Å². The first-order valence-electron chi connectivity index (χ1n) is 5.67. The van der Waals surface area contributed by atoms with Crippen LogP contribution in [0.1, 0.15) is 5.56 Å². The number of hydrogen-bond acceptors (Lipinski definition) is 3. The zero-order valence-electron chi connectivity index (χ0n) is 10.6. The Kier molecular flexibility index (Phi) is 4.37. The van der Waals surface area contributed by atoms with Crippen LogP contribution in [0.15, 0.2) is 39.3 Å². The van der Waals surface area contributed by atoms with E-state index in [2.05, 4.69) is 37.2 Å². The van der Waals surface area contributed by atoms with E-state index in [9.17, 15) is 0 Å². The second-order valence-electron chi connectivity index (χ2n) is 4.16. The SMILES string of the molecule is COc1cc(Nc2ccc(C)c(N)c2)c(Br)cc1Br. The van der Waals surface area contributed by atoms with Gasteiger partial charge < -0.3 is 15.8 Å². The molecule has 0 amide bonds. The highest BCUT2D eigenvalue weighted by Crippen LogP contribution is 2.36. The Morgan fingerprint density at radius 3 is 2.47 bits per heavy atom. The summed E-state index contributed by atoms with van der Waals surface area (Å²) in [5.41, 5.74) is 9.60. The minimum atomic E-state index is 0.769. The smallest absolute Gasteiger partial charge is 0.135 e. The summed E-state index contributed by atoms with van der Waals surface area (Å²) in [6, 6.07) is 9.76. The monoisotopic (exact) mass is 384 g/mol. The van der Waals surface area contributed by atoms with E-state index in [1.807, 2.05) is 37.3 Å². The lowest BCUT2D eigenvalue weighted by Crippen LogP contribution is -1.96. The van der Waals surface area contributed by atoms with E-state index in [1.165, 1.54) is 0 Å². The van der Waals surface area contributed by atoms with Crippen molar-refractivity contribution in [2.45, 2.75) is 6.92 Å². The topological polar surface area (TPSA) is 47.3 Å². The summed E-state index contributed by atoms with van der Waals surface area (Å²) in [7, 11) is 1.64. The molecule has 0 aliphatic rings. The molecular formula is C14H14Br2N2O. The number of rotatable bonds is 3. The van der Waals surface area contributed by atoms with Gasteiger partial charge in [-0.2, -0.15) is 0 Å². The Bertz CT molecular complexity index is 615. The number of benzene rings is 2. The van der Waals surface area contributed by atoms with Crippen molar-refractivity contribution in [1.82, 2.24) is 0 Å². The molecule has 2 aromatic carbocycles. The molecule has 0 heterocycles. The molecule has 0 aliphatic heterocycles. The molecule has 100 valence electrons. The first-order valence-corrected chi connectivity index (χ1v) is 7.26. The Morgan fingerprint density at radius 1 is 1.11 bits per heavy atom. The standard InChI is InChI=1S/C14H14Br2N2O/c1-8-3-4-9(5-12(8)17)18-13-7-14(19-2)11(16)6-10(13)15/h3-7,18H,17H2,1-2H3. The van der Waals surface area contributed by atoms with Crippen molar-refractivity contribution in [3.63, 3.8) is 0 Å². The van der Waals surface area contributed by atoms with E-state index >= 15 is 0 Å². The number of nitrogens with two attached hydrogens (primary N) is 1. The van der Waals surface area contributed by atoms with E-state index < -0.39 is 0 Å². The van der Waals surface area contributed by atoms with Crippen molar-refractivity contribution in [2.24, 2.45) is 0 Å². The third-order valence-electron chi connectivity index (χ3n) is 2.80. The second kappa shape index (κ2) is 5.84. The minimum absolute atomic E-state index is 0.769. The average molecular weight is 386 g/mol. The number of methoxy groups -OCH3 is 1. The van der Waals surface area contributed by atoms with Crippen LogP contribution in [0, 0.1) is 6.92 Å². The summed E-state index contributed by atoms with van der Waals surface area (Å²) in [5.74, 6) is 0.769. The molecule has 0 atom stereocenters. The summed E-state index contributed by atoms with van der Waals surface area (Å²) in [6.45, 7) is 1.98. The molecule has 0 saturated carbocycles. The van der Waals surface area contributed by atoms with Gasteiger partial charge in [-0.3, -0.25) is 0 Å². The Hall–Kier alpha value is -1.20. The molecule has 2 rings (SSSR count). The molecule has 19 heavy (non-hydrogen) atoms. The van der Waals surface area contributed by atoms with Crippen LogP contribution in [0.3, 0.4) is 0 Å². The van der Waals surface area contributed by atoms with Crippen LogP contribution < -0.4 is 15.8 Å². The predicted octanol–water partition coefficient (Wildman–Crippen LogP) is 4.85. The van der Waals surface area contributed by atoms with Crippen LogP contribution in [0.2, 0.25) is 0 Å². The van der Waals surface area contributed by atoms with Gasteiger partial charge in [0.05, 0.1) is 17.3 Å². The van der Waals surface area contributed by atoms with E-state index in [0.717, 1.165) is 37.3 Å². The first-order chi connectivity index (χ1) is 9.01. The van der Waals surface area contributed by atoms with Gasteiger partial charge in [-0.15, -0.1) is 0 Å². The molecular weight excluding hydrogens is 372 g/mol. The first kappa shape index (κ1) is 14.2. The lowest BCUT2D eigenvalue weighted by molar-refractivity contribution is 0.412. The molecule has 0 saturated heterocycles. The van der Waals surface area contributed by atoms with Crippen molar-refractivity contribution >= 4 is 48.9 Å². The zero-order valence-corrected chi connectivity index (χ0v) is 13.8. The Labute approximate surface area is 129 Å². The normalized spacial score (nSPS) is 10.3. The highest BCUT2D eigenvalue weighted by molar-refractivity contribution is 9.11. The average Bonchev–Trinajstić information content (AvgIpc) is 2.37. The highest BCUT2D eigenvalue weighted by atomic mass is 79.9. The van der Waals surface area contributed by atoms with Crippen molar-refractivity contribution in [2.75, 3.05) is 18.2 Å². The largest absolute Gasteiger partial charge is 0.495 e. The summed E-state index contributed by atoms with van der Waals surface area (Å²) in [4.78, 5) is 0. The number of halogens is 2. The van der Waals surface area contributed by atoms with Crippen LogP contribution in [0.4, 0.5) is 17.1 Å². The zero-order chi connectivity index (χ0) is 14.0. The van der Waals surface area contributed by atoms with Gasteiger partial charge in [0.1, 0.15) is 5.75 Å². The fourth-order valence-electron chi connectivity index (χ4n) is 1.66. The quantitative estimate of drug-likeness (QED) is 0.742. The van der Waals surface area contributed by atoms with Gasteiger partial charge in [-0.25, -0.2) is 0 Å². The van der Waals surface area contributed by atoms with Gasteiger partial charge >= 0.3 is 0 Å². The molecule has 0 bridgehead atoms. The number of aryl methyl sites for hydroxylation is 1. The molecule has 3 nitrogen and oxygen atoms in total. The van der Waals surface area contributed by atoms with Crippen molar-refractivity contribution in [3.05, 3.63) is 44.8 Å². The lowest BCUT2D eigenvalue weighted by Gasteiger charge is -2.13. The Balaban J connectivity index is 2.34. The van der Waals surface area contributed by atoms with E-state index in [4.69, 9.17) is 10.5 Å². The maximum Gasteiger partial charge on any atom is 0.135 e. The number of ether oxygens (including phenoxy) is 1. The third kappa shape index (κ3) is 3.22. The lowest BCUT2D eigenvalue weighted by atomic mass is 10.2. The van der Waals surface area contributed by atoms with Crippen LogP contribution >= 0.6 is 31.9 Å². The fourth-order valence-corrected chi connectivity index (χ4v) is 2.91. The second-order valence-corrected chi connectivity index (χ2v) is 5.87. The minimum Gasteiger partial charge on any atom is -0.495 e. The third-order valence-corrected chi connectivity index (χ3v) is 4.08. The number of nitrogen functional groups attached to an aromatic ring is 1. The molecule has 0 spiro atoms. The van der Waals surface area contributed by atoms with Gasteiger partial charge in [0.15, 0.2) is 0 Å². The summed E-state index contributed by atoms with van der Waals surface area (Å²) >= 11 is 6.97. The maximum atomic E-state index is 5.91. The van der Waals surface area contributed by atoms with Crippen LogP contribution in [0.25, 0.3) is 0 Å². The van der Waals surface area contributed by atoms with E-state index in [0.29, 0.717) is 0 Å². The van der Waals surface area contributed by atoms with Gasteiger partial charge in [-0.05, 0) is 62.5 Å². The van der Waals surface area contributed by atoms with Crippen molar-refractivity contribution in [1.29, 1.82) is 0 Å². The maximum absolute atomic E-state index is 5.91. The van der Waals surface area contributed by atoms with Crippen LogP contribution in [-0.2, 0) is 0 Å². The Morgan fingerprint density at radius 2 is 1.84 bits per heavy atom. The molecule has 2 aromatic rings. The highest BCUT2D eigenvalue weighted by Gasteiger charge is 2.08. The van der Waals surface area contributed by atoms with Gasteiger partial charge in [0, 0.05) is 21.9 Å². The number of anilines is 3. The van der Waals surface area contributed by atoms with Crippen LogP contribution in [-0.4, -0.2) is 7.11 Å². The molecule has 0 aliphatic carbocycles. The molecule has 0 unspecified atom stereocenters. The molecule has 0 fully saturated rings. The number of nitrogens with one attached hydrogen (secondary N) is 1. The number of hydrogen-bond donors (Lipinski definition) is 2. The van der Waals surface area contributed by atoms with E-state index in [1.54, 1.807) is 7.11 Å². The van der Waals surface area contributed by atoms with Crippen molar-refractivity contribution < 1.29 is 4.74 Å². The molecule has 0 aromatic heterocycles. The van der Waals surface area contributed by atoms with Gasteiger partial charge in [0.25, 0.3) is 0 Å². The summed E-state index contributed by atoms with van der Waals surface area (Å²) < 4.78 is 7.13.